The Bertz CT molecular complexity index is 628. The molecule has 0 radical (unpaired) electrons. The van der Waals surface area contributed by atoms with Crippen LogP contribution < -0.4 is 10.5 Å². The van der Waals surface area contributed by atoms with Gasteiger partial charge in [-0.15, -0.1) is 11.3 Å². The van der Waals surface area contributed by atoms with Crippen molar-refractivity contribution in [1.82, 2.24) is 0 Å². The Morgan fingerprint density at radius 1 is 1.21 bits per heavy atom. The van der Waals surface area contributed by atoms with Gasteiger partial charge in [0.1, 0.15) is 12.4 Å². The minimum atomic E-state index is 0.366. The fourth-order valence-corrected chi connectivity index (χ4v) is 2.41. The molecule has 0 aliphatic rings. The van der Waals surface area contributed by atoms with Crippen molar-refractivity contribution in [1.29, 1.82) is 0 Å². The summed E-state index contributed by atoms with van der Waals surface area (Å²) in [4.78, 5) is 1.09. The van der Waals surface area contributed by atoms with Crippen molar-refractivity contribution in [2.45, 2.75) is 6.61 Å². The van der Waals surface area contributed by atoms with Crippen LogP contribution in [0.4, 0.5) is 0 Å². The number of thiophene rings is 1. The third-order valence-electron chi connectivity index (χ3n) is 2.26. The predicted octanol–water partition coefficient (Wildman–Crippen LogP) is 3.94. The number of hydrogen-bond acceptors (Lipinski definition) is 3. The summed E-state index contributed by atoms with van der Waals surface area (Å²) < 4.78 is 5.64. The fourth-order valence-electron chi connectivity index (χ4n) is 1.40. The second-order valence-electron chi connectivity index (χ2n) is 3.67. The lowest BCUT2D eigenvalue weighted by molar-refractivity contribution is 0.310. The predicted molar refractivity (Wildman–Crippen MR) is 81.0 cm³/mol. The monoisotopic (exact) mass is 311 g/mol. The molecule has 0 aliphatic heterocycles. The van der Waals surface area contributed by atoms with Crippen LogP contribution in [0.25, 0.3) is 0 Å². The van der Waals surface area contributed by atoms with Gasteiger partial charge in [0.05, 0.1) is 16.6 Å². The largest absolute Gasteiger partial charge is 0.488 e. The highest BCUT2D eigenvalue weighted by Gasteiger charge is 2.02. The molecule has 2 nitrogen and oxygen atoms in total. The molecular weight excluding hydrogens is 301 g/mol. The summed E-state index contributed by atoms with van der Waals surface area (Å²) in [5.41, 5.74) is 6.29. The zero-order valence-corrected chi connectivity index (χ0v) is 12.3. The molecular formula is C14H11Cl2NOS. The highest BCUT2D eigenvalue weighted by molar-refractivity contribution is 7.10. The van der Waals surface area contributed by atoms with Gasteiger partial charge >= 0.3 is 0 Å². The number of halogens is 2. The first-order valence-electron chi connectivity index (χ1n) is 5.53. The summed E-state index contributed by atoms with van der Waals surface area (Å²) in [6.45, 7) is 0.845. The molecule has 98 valence electrons. The van der Waals surface area contributed by atoms with Gasteiger partial charge in [0, 0.05) is 21.9 Å². The maximum absolute atomic E-state index is 5.92. The molecule has 0 atom stereocenters. The second-order valence-corrected chi connectivity index (χ2v) is 5.48. The SMILES string of the molecule is NCC#Cc1csc(COc2ccc(Cl)c(Cl)c2)c1. The van der Waals surface area contributed by atoms with Crippen molar-refractivity contribution >= 4 is 34.5 Å². The minimum Gasteiger partial charge on any atom is -0.488 e. The fraction of sp³-hybridized carbons (Fsp3) is 0.143. The zero-order chi connectivity index (χ0) is 13.7. The van der Waals surface area contributed by atoms with E-state index in [1.807, 2.05) is 11.4 Å². The average Bonchev–Trinajstić information content (AvgIpc) is 2.86. The van der Waals surface area contributed by atoms with Gasteiger partial charge in [-0.1, -0.05) is 35.0 Å². The zero-order valence-electron chi connectivity index (χ0n) is 9.95. The van der Waals surface area contributed by atoms with Gasteiger partial charge in [0.2, 0.25) is 0 Å². The molecule has 0 unspecified atom stereocenters. The molecule has 0 spiro atoms. The van der Waals surface area contributed by atoms with Crippen LogP contribution in [0.3, 0.4) is 0 Å². The Kier molecular flexibility index (Phi) is 5.12. The lowest BCUT2D eigenvalue weighted by Gasteiger charge is -2.05. The molecule has 0 saturated heterocycles. The van der Waals surface area contributed by atoms with Crippen LogP contribution in [-0.2, 0) is 6.61 Å². The Morgan fingerprint density at radius 2 is 2.05 bits per heavy atom. The van der Waals surface area contributed by atoms with E-state index in [0.717, 1.165) is 10.4 Å². The second kappa shape index (κ2) is 6.83. The molecule has 0 aliphatic carbocycles. The first-order valence-corrected chi connectivity index (χ1v) is 7.17. The van der Waals surface area contributed by atoms with E-state index in [1.165, 1.54) is 0 Å². The number of hydrogen-bond donors (Lipinski definition) is 1. The van der Waals surface area contributed by atoms with Crippen LogP contribution in [0.5, 0.6) is 5.75 Å². The minimum absolute atomic E-state index is 0.366. The summed E-state index contributed by atoms with van der Waals surface area (Å²) in [6.07, 6.45) is 0. The topological polar surface area (TPSA) is 35.2 Å². The lowest BCUT2D eigenvalue weighted by Crippen LogP contribution is -1.93. The van der Waals surface area contributed by atoms with Crippen molar-refractivity contribution in [2.24, 2.45) is 5.73 Å². The Balaban J connectivity index is 1.98. The number of ether oxygens (including phenoxy) is 1. The first-order chi connectivity index (χ1) is 9.19. The summed E-state index contributed by atoms with van der Waals surface area (Å²) in [5.74, 6) is 6.49. The quantitative estimate of drug-likeness (QED) is 0.871. The highest BCUT2D eigenvalue weighted by atomic mass is 35.5. The van der Waals surface area contributed by atoms with Gasteiger partial charge < -0.3 is 10.5 Å². The van der Waals surface area contributed by atoms with Crippen molar-refractivity contribution in [3.05, 3.63) is 50.1 Å². The smallest absolute Gasteiger partial charge is 0.122 e. The van der Waals surface area contributed by atoms with Crippen LogP contribution in [0, 0.1) is 11.8 Å². The van der Waals surface area contributed by atoms with Crippen LogP contribution in [0.1, 0.15) is 10.4 Å². The molecule has 0 amide bonds. The molecule has 1 aromatic carbocycles. The molecule has 1 heterocycles. The van der Waals surface area contributed by atoms with Crippen molar-refractivity contribution in [3.8, 4) is 17.6 Å². The van der Waals surface area contributed by atoms with Gasteiger partial charge in [-0.3, -0.25) is 0 Å². The molecule has 2 rings (SSSR count). The normalized spacial score (nSPS) is 9.84. The third-order valence-corrected chi connectivity index (χ3v) is 3.91. The highest BCUT2D eigenvalue weighted by Crippen LogP contribution is 2.27. The molecule has 5 heteroatoms. The van der Waals surface area contributed by atoms with E-state index in [-0.39, 0.29) is 0 Å². The van der Waals surface area contributed by atoms with Crippen LogP contribution in [0.15, 0.2) is 29.6 Å². The molecule has 0 saturated carbocycles. The van der Waals surface area contributed by atoms with E-state index in [0.29, 0.717) is 28.9 Å². The summed E-state index contributed by atoms with van der Waals surface area (Å²) in [7, 11) is 0. The maximum Gasteiger partial charge on any atom is 0.122 e. The van der Waals surface area contributed by atoms with Crippen LogP contribution in [-0.4, -0.2) is 6.54 Å². The van der Waals surface area contributed by atoms with E-state index in [1.54, 1.807) is 29.5 Å². The Hall–Kier alpha value is -1.18. The van der Waals surface area contributed by atoms with Gasteiger partial charge in [0.25, 0.3) is 0 Å². The number of nitrogens with two attached hydrogens (primary N) is 1. The van der Waals surface area contributed by atoms with Gasteiger partial charge in [-0.2, -0.15) is 0 Å². The standard InChI is InChI=1S/C14H11Cl2NOS/c15-13-4-3-11(7-14(13)16)18-8-12-6-10(9-19-12)2-1-5-17/h3-4,6-7,9H,5,8,17H2. The molecule has 2 N–H and O–H groups in total. The van der Waals surface area contributed by atoms with Crippen molar-refractivity contribution in [2.75, 3.05) is 6.54 Å². The average molecular weight is 312 g/mol. The van der Waals surface area contributed by atoms with Crippen LogP contribution >= 0.6 is 34.5 Å². The van der Waals surface area contributed by atoms with Crippen LogP contribution in [0.2, 0.25) is 10.0 Å². The van der Waals surface area contributed by atoms with E-state index in [2.05, 4.69) is 11.8 Å². The first kappa shape index (κ1) is 14.2. The molecule has 2 aromatic rings. The van der Waals surface area contributed by atoms with Crippen molar-refractivity contribution in [3.63, 3.8) is 0 Å². The molecule has 19 heavy (non-hydrogen) atoms. The summed E-state index contributed by atoms with van der Waals surface area (Å²) in [5, 5.41) is 2.99. The van der Waals surface area contributed by atoms with Gasteiger partial charge in [-0.05, 0) is 18.2 Å². The molecule has 0 fully saturated rings. The van der Waals surface area contributed by atoms with E-state index in [9.17, 15) is 0 Å². The Labute approximate surface area is 126 Å². The van der Waals surface area contributed by atoms with E-state index < -0.39 is 0 Å². The third kappa shape index (κ3) is 4.15. The number of benzene rings is 1. The van der Waals surface area contributed by atoms with E-state index >= 15 is 0 Å². The van der Waals surface area contributed by atoms with Gasteiger partial charge in [-0.25, -0.2) is 0 Å². The van der Waals surface area contributed by atoms with E-state index in [4.69, 9.17) is 33.7 Å². The molecule has 1 aromatic heterocycles. The van der Waals surface area contributed by atoms with Crippen molar-refractivity contribution < 1.29 is 4.74 Å². The number of rotatable bonds is 3. The molecule has 0 bridgehead atoms. The summed E-state index contributed by atoms with van der Waals surface area (Å²) in [6, 6.07) is 7.19. The Morgan fingerprint density at radius 3 is 2.79 bits per heavy atom. The lowest BCUT2D eigenvalue weighted by atomic mass is 10.3. The maximum atomic E-state index is 5.92. The van der Waals surface area contributed by atoms with Gasteiger partial charge in [0.15, 0.2) is 0 Å². The summed E-state index contributed by atoms with van der Waals surface area (Å²) >= 11 is 13.4.